The molecule has 1 aromatic carbocycles. The SMILES string of the molecule is CCCCCCCCOC1CCC(C(=O)Oc2ccc(C#N)c(F)c2F)CC1. The van der Waals surface area contributed by atoms with E-state index in [0.29, 0.717) is 12.8 Å². The quantitative estimate of drug-likeness (QED) is 0.292. The number of carbonyl (C=O) groups excluding carboxylic acids is 1. The summed E-state index contributed by atoms with van der Waals surface area (Å²) in [6, 6.07) is 3.77. The molecular weight excluding hydrogens is 364 g/mol. The zero-order chi connectivity index (χ0) is 20.4. The van der Waals surface area contributed by atoms with E-state index in [1.165, 1.54) is 32.1 Å². The van der Waals surface area contributed by atoms with Gasteiger partial charge in [-0.15, -0.1) is 0 Å². The molecule has 0 radical (unpaired) electrons. The maximum atomic E-state index is 13.9. The van der Waals surface area contributed by atoms with Crippen molar-refractivity contribution >= 4 is 5.97 Å². The van der Waals surface area contributed by atoms with Crippen molar-refractivity contribution in [3.63, 3.8) is 0 Å². The van der Waals surface area contributed by atoms with Gasteiger partial charge in [-0.2, -0.15) is 9.65 Å². The first kappa shape index (κ1) is 22.3. The van der Waals surface area contributed by atoms with Crippen LogP contribution < -0.4 is 4.74 Å². The zero-order valence-corrected chi connectivity index (χ0v) is 16.5. The lowest BCUT2D eigenvalue weighted by atomic mass is 9.87. The van der Waals surface area contributed by atoms with Crippen LogP contribution in [0.5, 0.6) is 5.75 Å². The fourth-order valence-electron chi connectivity index (χ4n) is 3.49. The van der Waals surface area contributed by atoms with Gasteiger partial charge >= 0.3 is 5.97 Å². The number of hydrogen-bond donors (Lipinski definition) is 0. The van der Waals surface area contributed by atoms with Gasteiger partial charge < -0.3 is 9.47 Å². The number of rotatable bonds is 10. The molecule has 0 amide bonds. The second-order valence-electron chi connectivity index (χ2n) is 7.38. The van der Waals surface area contributed by atoms with Crippen molar-refractivity contribution in [3.8, 4) is 11.8 Å². The minimum atomic E-state index is -1.30. The standard InChI is InChI=1S/C22H29F2NO3/c1-2-3-4-5-6-7-14-27-18-11-8-16(9-12-18)22(26)28-19-13-10-17(15-25)20(23)21(19)24/h10,13,16,18H,2-9,11-12,14H2,1H3. The highest BCUT2D eigenvalue weighted by atomic mass is 19.2. The average Bonchev–Trinajstić information content (AvgIpc) is 2.71. The van der Waals surface area contributed by atoms with Gasteiger partial charge in [0.15, 0.2) is 11.6 Å². The predicted molar refractivity (Wildman–Crippen MR) is 102 cm³/mol. The van der Waals surface area contributed by atoms with E-state index in [4.69, 9.17) is 14.7 Å². The molecule has 1 aliphatic carbocycles. The summed E-state index contributed by atoms with van der Waals surface area (Å²) in [5.41, 5.74) is -0.416. The summed E-state index contributed by atoms with van der Waals surface area (Å²) in [5, 5.41) is 8.69. The normalized spacial score (nSPS) is 19.2. The first-order valence-electron chi connectivity index (χ1n) is 10.3. The molecule has 1 fully saturated rings. The molecule has 0 spiro atoms. The largest absolute Gasteiger partial charge is 0.423 e. The van der Waals surface area contributed by atoms with Crippen molar-refractivity contribution in [1.82, 2.24) is 0 Å². The van der Waals surface area contributed by atoms with Crippen LogP contribution in [0.25, 0.3) is 0 Å². The summed E-state index contributed by atoms with van der Waals surface area (Å²) in [4.78, 5) is 12.3. The molecule has 1 saturated carbocycles. The fraction of sp³-hybridized carbons (Fsp3) is 0.636. The lowest BCUT2D eigenvalue weighted by Crippen LogP contribution is -2.29. The Labute approximate surface area is 165 Å². The highest BCUT2D eigenvalue weighted by molar-refractivity contribution is 5.75. The minimum Gasteiger partial charge on any atom is -0.423 e. The van der Waals surface area contributed by atoms with Crippen LogP contribution in [0.3, 0.4) is 0 Å². The summed E-state index contributed by atoms with van der Waals surface area (Å²) < 4.78 is 38.5. The Kier molecular flexibility index (Phi) is 9.36. The summed E-state index contributed by atoms with van der Waals surface area (Å²) >= 11 is 0. The Bertz CT molecular complexity index is 679. The third-order valence-corrected chi connectivity index (χ3v) is 5.24. The highest BCUT2D eigenvalue weighted by Crippen LogP contribution is 2.29. The number of benzene rings is 1. The van der Waals surface area contributed by atoms with Crippen LogP contribution in [0.1, 0.15) is 76.7 Å². The van der Waals surface area contributed by atoms with Gasteiger partial charge in [0.05, 0.1) is 17.6 Å². The molecule has 0 aliphatic heterocycles. The second kappa shape index (κ2) is 11.8. The van der Waals surface area contributed by atoms with Crippen molar-refractivity contribution in [3.05, 3.63) is 29.3 Å². The smallest absolute Gasteiger partial charge is 0.314 e. The fourth-order valence-corrected chi connectivity index (χ4v) is 3.49. The number of ether oxygens (including phenoxy) is 2. The Morgan fingerprint density at radius 2 is 1.75 bits per heavy atom. The van der Waals surface area contributed by atoms with Gasteiger partial charge in [0, 0.05) is 6.61 Å². The Hall–Kier alpha value is -2.00. The predicted octanol–water partition coefficient (Wildman–Crippen LogP) is 5.68. The van der Waals surface area contributed by atoms with E-state index in [0.717, 1.165) is 38.0 Å². The van der Waals surface area contributed by atoms with Gasteiger partial charge in [-0.3, -0.25) is 4.79 Å². The molecule has 1 aromatic rings. The molecule has 0 N–H and O–H groups in total. The van der Waals surface area contributed by atoms with Gasteiger partial charge in [-0.1, -0.05) is 39.0 Å². The molecule has 0 saturated heterocycles. The Balaban J connectivity index is 1.70. The van der Waals surface area contributed by atoms with Crippen LogP contribution in [-0.4, -0.2) is 18.7 Å². The van der Waals surface area contributed by atoms with Crippen molar-refractivity contribution in [2.24, 2.45) is 5.92 Å². The van der Waals surface area contributed by atoms with E-state index >= 15 is 0 Å². The van der Waals surface area contributed by atoms with Crippen molar-refractivity contribution in [2.45, 2.75) is 77.2 Å². The minimum absolute atomic E-state index is 0.156. The average molecular weight is 393 g/mol. The van der Waals surface area contributed by atoms with Crippen LogP contribution in [0.15, 0.2) is 12.1 Å². The summed E-state index contributed by atoms with van der Waals surface area (Å²) in [7, 11) is 0. The van der Waals surface area contributed by atoms with E-state index < -0.39 is 28.9 Å². The summed E-state index contributed by atoms with van der Waals surface area (Å²) in [6.45, 7) is 2.95. The van der Waals surface area contributed by atoms with Crippen LogP contribution in [0.2, 0.25) is 0 Å². The van der Waals surface area contributed by atoms with Gasteiger partial charge in [-0.25, -0.2) is 4.39 Å². The molecule has 154 valence electrons. The summed E-state index contributed by atoms with van der Waals surface area (Å²) in [5.74, 6) is -3.96. The topological polar surface area (TPSA) is 59.3 Å². The van der Waals surface area contributed by atoms with Crippen LogP contribution >= 0.6 is 0 Å². The lowest BCUT2D eigenvalue weighted by molar-refractivity contribution is -0.141. The van der Waals surface area contributed by atoms with Crippen LogP contribution in [0, 0.1) is 28.9 Å². The molecule has 2 rings (SSSR count). The third-order valence-electron chi connectivity index (χ3n) is 5.24. The van der Waals surface area contributed by atoms with E-state index in [2.05, 4.69) is 6.92 Å². The molecule has 6 heteroatoms. The molecule has 28 heavy (non-hydrogen) atoms. The highest BCUT2D eigenvalue weighted by Gasteiger charge is 2.29. The van der Waals surface area contributed by atoms with Crippen LogP contribution in [0.4, 0.5) is 8.78 Å². The van der Waals surface area contributed by atoms with E-state index in [9.17, 15) is 13.6 Å². The molecule has 0 heterocycles. The Morgan fingerprint density at radius 3 is 2.43 bits per heavy atom. The van der Waals surface area contributed by atoms with Gasteiger partial charge in [-0.05, 0) is 44.2 Å². The lowest BCUT2D eigenvalue weighted by Gasteiger charge is -2.27. The van der Waals surface area contributed by atoms with Crippen molar-refractivity contribution in [1.29, 1.82) is 5.26 Å². The molecule has 0 atom stereocenters. The number of hydrogen-bond acceptors (Lipinski definition) is 4. The number of halogens is 2. The second-order valence-corrected chi connectivity index (χ2v) is 7.38. The van der Waals surface area contributed by atoms with Crippen molar-refractivity contribution < 1.29 is 23.0 Å². The Morgan fingerprint density at radius 1 is 1.07 bits per heavy atom. The monoisotopic (exact) mass is 393 g/mol. The molecule has 0 unspecified atom stereocenters. The molecular formula is C22H29F2NO3. The van der Waals surface area contributed by atoms with Gasteiger partial charge in [0.25, 0.3) is 0 Å². The number of nitriles is 1. The number of esters is 1. The van der Waals surface area contributed by atoms with Crippen molar-refractivity contribution in [2.75, 3.05) is 6.61 Å². The molecule has 1 aliphatic rings. The maximum Gasteiger partial charge on any atom is 0.314 e. The van der Waals surface area contributed by atoms with Gasteiger partial charge in [0.2, 0.25) is 5.82 Å². The van der Waals surface area contributed by atoms with E-state index in [-0.39, 0.29) is 12.0 Å². The first-order valence-corrected chi connectivity index (χ1v) is 10.3. The molecule has 4 nitrogen and oxygen atoms in total. The molecule has 0 aromatic heterocycles. The van der Waals surface area contributed by atoms with Gasteiger partial charge in [0.1, 0.15) is 6.07 Å². The number of carbonyl (C=O) groups is 1. The maximum absolute atomic E-state index is 13.9. The van der Waals surface area contributed by atoms with Crippen LogP contribution in [-0.2, 0) is 9.53 Å². The number of unbranched alkanes of at least 4 members (excludes halogenated alkanes) is 5. The molecule has 0 bridgehead atoms. The third kappa shape index (κ3) is 6.56. The van der Waals surface area contributed by atoms with E-state index in [1.807, 2.05) is 0 Å². The zero-order valence-electron chi connectivity index (χ0n) is 16.5. The number of nitrogens with zero attached hydrogens (tertiary/aromatic N) is 1. The van der Waals surface area contributed by atoms with E-state index in [1.54, 1.807) is 6.07 Å². The summed E-state index contributed by atoms with van der Waals surface area (Å²) in [6.07, 6.45) is 10.2. The first-order chi connectivity index (χ1) is 13.6.